The van der Waals surface area contributed by atoms with Crippen molar-refractivity contribution >= 4 is 23.7 Å². The standard InChI is InChI=1S/C46H30N4S/c1-2-12-46-42(11-1)49-30-41-40(10-5-13-45(41)51-46)38-9-4-8-37(27-38)36-7-3-6-35(26-36)31-14-16-32(17-15-31)39-28-43(33-18-22-47-23-19-33)50-44(29-39)34-20-24-48-25-21-34/h1-30H. The lowest BCUT2D eigenvalue weighted by Crippen LogP contribution is -1.92. The summed E-state index contributed by atoms with van der Waals surface area (Å²) in [7, 11) is 0. The molecular formula is C46H30N4S. The maximum atomic E-state index is 5.00. The summed E-state index contributed by atoms with van der Waals surface area (Å²) in [4.78, 5) is 20.6. The fraction of sp³-hybridized carbons (Fsp3) is 0. The number of rotatable bonds is 6. The van der Waals surface area contributed by atoms with Crippen LogP contribution in [-0.2, 0) is 0 Å². The van der Waals surface area contributed by atoms with E-state index in [4.69, 9.17) is 9.98 Å². The van der Waals surface area contributed by atoms with Gasteiger partial charge in [0.15, 0.2) is 0 Å². The van der Waals surface area contributed by atoms with Crippen LogP contribution < -0.4 is 0 Å². The first-order valence-electron chi connectivity index (χ1n) is 16.8. The highest BCUT2D eigenvalue weighted by atomic mass is 32.2. The van der Waals surface area contributed by atoms with Crippen molar-refractivity contribution in [2.45, 2.75) is 9.79 Å². The van der Waals surface area contributed by atoms with Crippen molar-refractivity contribution in [1.82, 2.24) is 15.0 Å². The molecule has 0 bridgehead atoms. The molecule has 0 aliphatic carbocycles. The Kier molecular flexibility index (Phi) is 8.08. The van der Waals surface area contributed by atoms with Crippen molar-refractivity contribution in [3.05, 3.63) is 182 Å². The Labute approximate surface area is 301 Å². The van der Waals surface area contributed by atoms with Crippen LogP contribution in [0.3, 0.4) is 0 Å². The van der Waals surface area contributed by atoms with E-state index < -0.39 is 0 Å². The lowest BCUT2D eigenvalue weighted by Gasteiger charge is -2.13. The van der Waals surface area contributed by atoms with Gasteiger partial charge < -0.3 is 0 Å². The third-order valence-electron chi connectivity index (χ3n) is 9.18. The minimum absolute atomic E-state index is 0.906. The lowest BCUT2D eigenvalue weighted by molar-refractivity contribution is 1.27. The van der Waals surface area contributed by atoms with Gasteiger partial charge in [-0.05, 0) is 111 Å². The Hall–Kier alpha value is -6.43. The number of hydrogen-bond donors (Lipinski definition) is 0. The molecule has 0 unspecified atom stereocenters. The monoisotopic (exact) mass is 670 g/mol. The second kappa shape index (κ2) is 13.5. The molecule has 9 rings (SSSR count). The molecular weight excluding hydrogens is 641 g/mol. The van der Waals surface area contributed by atoms with Gasteiger partial charge in [-0.25, -0.2) is 4.98 Å². The number of aliphatic imine (C=N–C) groups is 1. The average Bonchev–Trinajstić information content (AvgIpc) is 3.41. The van der Waals surface area contributed by atoms with Crippen LogP contribution in [-0.4, -0.2) is 21.2 Å². The van der Waals surface area contributed by atoms with E-state index in [1.54, 1.807) is 36.5 Å². The van der Waals surface area contributed by atoms with Crippen molar-refractivity contribution in [3.8, 4) is 67.0 Å². The zero-order valence-electron chi connectivity index (χ0n) is 27.5. The van der Waals surface area contributed by atoms with E-state index in [0.717, 1.165) is 50.5 Å². The molecule has 1 aliphatic heterocycles. The zero-order chi connectivity index (χ0) is 34.0. The Morgan fingerprint density at radius 1 is 0.373 bits per heavy atom. The molecule has 0 saturated carbocycles. The summed E-state index contributed by atoms with van der Waals surface area (Å²) < 4.78 is 0. The van der Waals surface area contributed by atoms with Gasteiger partial charge in [0, 0.05) is 57.5 Å². The molecule has 0 N–H and O–H groups in total. The highest BCUT2D eigenvalue weighted by molar-refractivity contribution is 7.99. The van der Waals surface area contributed by atoms with Crippen LogP contribution in [0.25, 0.3) is 67.0 Å². The van der Waals surface area contributed by atoms with Gasteiger partial charge in [-0.15, -0.1) is 0 Å². The van der Waals surface area contributed by atoms with Gasteiger partial charge in [0.05, 0.1) is 17.1 Å². The molecule has 51 heavy (non-hydrogen) atoms. The fourth-order valence-electron chi connectivity index (χ4n) is 6.56. The van der Waals surface area contributed by atoms with Gasteiger partial charge in [-0.3, -0.25) is 15.0 Å². The van der Waals surface area contributed by atoms with Gasteiger partial charge in [0.25, 0.3) is 0 Å². The van der Waals surface area contributed by atoms with Crippen LogP contribution >= 0.6 is 11.8 Å². The van der Waals surface area contributed by atoms with E-state index in [9.17, 15) is 0 Å². The molecule has 0 saturated heterocycles. The fourth-order valence-corrected chi connectivity index (χ4v) is 7.59. The predicted octanol–water partition coefficient (Wildman–Crippen LogP) is 12.1. The smallest absolute Gasteiger partial charge is 0.0769 e. The molecule has 0 fully saturated rings. The van der Waals surface area contributed by atoms with Gasteiger partial charge in [0.2, 0.25) is 0 Å². The number of aromatic nitrogens is 3. The molecule has 0 amide bonds. The number of pyridine rings is 3. The van der Waals surface area contributed by atoms with Crippen LogP contribution in [0.4, 0.5) is 5.69 Å². The van der Waals surface area contributed by atoms with Gasteiger partial charge >= 0.3 is 0 Å². The molecule has 3 aromatic heterocycles. The Morgan fingerprint density at radius 2 is 0.902 bits per heavy atom. The highest BCUT2D eigenvalue weighted by Crippen LogP contribution is 2.42. The van der Waals surface area contributed by atoms with Crippen LogP contribution in [0, 0.1) is 0 Å². The first-order valence-corrected chi connectivity index (χ1v) is 17.7. The van der Waals surface area contributed by atoms with Crippen LogP contribution in [0.15, 0.2) is 191 Å². The lowest BCUT2D eigenvalue weighted by atomic mass is 9.94. The second-order valence-corrected chi connectivity index (χ2v) is 13.5. The van der Waals surface area contributed by atoms with Gasteiger partial charge in [-0.2, -0.15) is 0 Å². The van der Waals surface area contributed by atoms with Gasteiger partial charge in [0.1, 0.15) is 0 Å². The summed E-state index contributed by atoms with van der Waals surface area (Å²) in [6, 6.07) is 53.6. The van der Waals surface area contributed by atoms with E-state index in [2.05, 4.69) is 131 Å². The summed E-state index contributed by atoms with van der Waals surface area (Å²) >= 11 is 1.78. The topological polar surface area (TPSA) is 51.0 Å². The maximum Gasteiger partial charge on any atom is 0.0769 e. The summed E-state index contributed by atoms with van der Waals surface area (Å²) in [5.74, 6) is 0. The van der Waals surface area contributed by atoms with Crippen molar-refractivity contribution < 1.29 is 0 Å². The van der Waals surface area contributed by atoms with Crippen LogP contribution in [0.5, 0.6) is 0 Å². The third kappa shape index (κ3) is 6.27. The summed E-state index contributed by atoms with van der Waals surface area (Å²) in [6.45, 7) is 0. The Morgan fingerprint density at radius 3 is 1.57 bits per heavy atom. The van der Waals surface area contributed by atoms with Crippen molar-refractivity contribution in [2.24, 2.45) is 4.99 Å². The quantitative estimate of drug-likeness (QED) is 0.177. The molecule has 5 heteroatoms. The molecule has 240 valence electrons. The summed E-state index contributed by atoms with van der Waals surface area (Å²) in [5, 5.41) is 0. The number of hydrogen-bond acceptors (Lipinski definition) is 5. The highest BCUT2D eigenvalue weighted by Gasteiger charge is 2.16. The molecule has 1 aliphatic rings. The zero-order valence-corrected chi connectivity index (χ0v) is 28.3. The van der Waals surface area contributed by atoms with Gasteiger partial charge in [-0.1, -0.05) is 96.7 Å². The molecule has 0 radical (unpaired) electrons. The summed E-state index contributed by atoms with van der Waals surface area (Å²) in [6.07, 6.45) is 9.23. The van der Waals surface area contributed by atoms with Crippen LogP contribution in [0.2, 0.25) is 0 Å². The van der Waals surface area contributed by atoms with Crippen LogP contribution in [0.1, 0.15) is 5.56 Å². The molecule has 5 aromatic carbocycles. The van der Waals surface area contributed by atoms with E-state index in [-0.39, 0.29) is 0 Å². The van der Waals surface area contributed by atoms with E-state index >= 15 is 0 Å². The average molecular weight is 671 g/mol. The number of fused-ring (bicyclic) bond motifs is 2. The van der Waals surface area contributed by atoms with E-state index in [1.165, 1.54) is 37.6 Å². The predicted molar refractivity (Wildman–Crippen MR) is 210 cm³/mol. The molecule has 4 nitrogen and oxygen atoms in total. The molecule has 8 aromatic rings. The SMILES string of the molecule is C1=Nc2ccccc2Sc2cccc(-c3cccc(-c4cccc(-c5ccc(-c6cc(-c7ccncc7)nc(-c7ccncc7)c6)cc5)c4)c3)c21. The molecule has 0 spiro atoms. The van der Waals surface area contributed by atoms with Crippen molar-refractivity contribution in [1.29, 1.82) is 0 Å². The largest absolute Gasteiger partial charge is 0.265 e. The number of benzene rings is 5. The first kappa shape index (κ1) is 30.6. The second-order valence-electron chi connectivity index (χ2n) is 12.4. The first-order chi connectivity index (χ1) is 25.2. The number of para-hydroxylation sites is 1. The molecule has 0 atom stereocenters. The Balaban J connectivity index is 1.03. The number of nitrogens with zero attached hydrogens (tertiary/aromatic N) is 4. The normalized spacial score (nSPS) is 11.8. The Bertz CT molecular complexity index is 2490. The van der Waals surface area contributed by atoms with Crippen molar-refractivity contribution in [2.75, 3.05) is 0 Å². The maximum absolute atomic E-state index is 5.00. The minimum Gasteiger partial charge on any atom is -0.265 e. The summed E-state index contributed by atoms with van der Waals surface area (Å²) in [5.41, 5.74) is 15.3. The van der Waals surface area contributed by atoms with E-state index in [0.29, 0.717) is 0 Å². The molecule has 4 heterocycles. The van der Waals surface area contributed by atoms with Crippen molar-refractivity contribution in [3.63, 3.8) is 0 Å². The third-order valence-corrected chi connectivity index (χ3v) is 10.3. The minimum atomic E-state index is 0.906. The van der Waals surface area contributed by atoms with E-state index in [1.807, 2.05) is 36.5 Å².